The van der Waals surface area contributed by atoms with Gasteiger partial charge in [-0.25, -0.2) is 0 Å². The summed E-state index contributed by atoms with van der Waals surface area (Å²) >= 11 is 0. The maximum Gasteiger partial charge on any atom is 0.235 e. The third-order valence-corrected chi connectivity index (χ3v) is 7.55. The van der Waals surface area contributed by atoms with E-state index in [-0.39, 0.29) is 24.1 Å². The van der Waals surface area contributed by atoms with Gasteiger partial charge in [-0.3, -0.25) is 4.98 Å². The molecule has 0 radical (unpaired) electrons. The first-order valence-corrected chi connectivity index (χ1v) is 11.4. The lowest BCUT2D eigenvalue weighted by molar-refractivity contribution is 0.103. The molecule has 2 atom stereocenters. The van der Waals surface area contributed by atoms with Gasteiger partial charge >= 0.3 is 0 Å². The molecule has 5 rings (SSSR count). The van der Waals surface area contributed by atoms with Crippen LogP contribution < -0.4 is 9.47 Å². The van der Waals surface area contributed by atoms with Crippen molar-refractivity contribution >= 4 is 10.4 Å². The Labute approximate surface area is 176 Å². The molecule has 1 aliphatic carbocycles. The highest BCUT2D eigenvalue weighted by Gasteiger charge is 2.45. The van der Waals surface area contributed by atoms with E-state index in [1.54, 1.807) is 16.6 Å². The fraction of sp³-hybridized carbons (Fsp3) is 0.261. The van der Waals surface area contributed by atoms with E-state index < -0.39 is 16.5 Å². The van der Waals surface area contributed by atoms with E-state index >= 15 is 0 Å². The lowest BCUT2D eigenvalue weighted by atomic mass is 10.1. The van der Waals surface area contributed by atoms with Crippen LogP contribution >= 0.6 is 0 Å². The number of fused-ring (bicyclic) bond motifs is 2. The first-order valence-electron chi connectivity index (χ1n) is 9.98. The summed E-state index contributed by atoms with van der Waals surface area (Å²) in [7, 11) is -3.75. The SMILES string of the molecule is O=[S+]1([O-])c2cnccc2OC(COc2ccccc2)CN1C1Cc2ccccc2C1. The van der Waals surface area contributed by atoms with Gasteiger partial charge in [-0.1, -0.05) is 46.7 Å². The molecule has 154 valence electrons. The maximum absolute atomic E-state index is 13.5. The van der Waals surface area contributed by atoms with Gasteiger partial charge in [0, 0.05) is 12.3 Å². The normalized spacial score (nSPS) is 23.8. The van der Waals surface area contributed by atoms with Gasteiger partial charge in [0.2, 0.25) is 4.90 Å². The summed E-state index contributed by atoms with van der Waals surface area (Å²) in [4.78, 5) is 4.15. The van der Waals surface area contributed by atoms with Crippen molar-refractivity contribution in [3.63, 3.8) is 0 Å². The van der Waals surface area contributed by atoms with Crippen molar-refractivity contribution in [3.05, 3.63) is 84.2 Å². The highest BCUT2D eigenvalue weighted by Crippen LogP contribution is 2.38. The average molecular weight is 423 g/mol. The highest BCUT2D eigenvalue weighted by molar-refractivity contribution is 7.95. The zero-order valence-electron chi connectivity index (χ0n) is 16.3. The third-order valence-electron chi connectivity index (χ3n) is 5.63. The van der Waals surface area contributed by atoms with Crippen LogP contribution in [0, 0.1) is 0 Å². The molecular weight excluding hydrogens is 400 g/mol. The molecule has 3 aromatic rings. The number of hydrogen-bond donors (Lipinski definition) is 0. The number of nitrogens with zero attached hydrogens (tertiary/aromatic N) is 2. The molecule has 2 aliphatic rings. The Balaban J connectivity index is 1.45. The molecule has 2 heterocycles. The number of rotatable bonds is 4. The summed E-state index contributed by atoms with van der Waals surface area (Å²) in [5, 5.41) is 0. The monoisotopic (exact) mass is 422 g/mol. The molecule has 0 saturated heterocycles. The molecule has 2 unspecified atom stereocenters. The molecule has 30 heavy (non-hydrogen) atoms. The molecule has 0 amide bonds. The van der Waals surface area contributed by atoms with Gasteiger partial charge in [0.05, 0.1) is 18.8 Å². The van der Waals surface area contributed by atoms with Crippen molar-refractivity contribution in [1.82, 2.24) is 9.29 Å². The molecule has 0 N–H and O–H groups in total. The number of benzene rings is 2. The van der Waals surface area contributed by atoms with E-state index in [1.807, 2.05) is 42.5 Å². The van der Waals surface area contributed by atoms with Crippen LogP contribution in [0.15, 0.2) is 78.0 Å². The Bertz CT molecular complexity index is 1070. The topological polar surface area (TPSA) is 74.7 Å². The van der Waals surface area contributed by atoms with Crippen molar-refractivity contribution in [1.29, 1.82) is 0 Å². The van der Waals surface area contributed by atoms with Crippen molar-refractivity contribution in [2.75, 3.05) is 13.2 Å². The number of hydrogen-bond acceptors (Lipinski definition) is 5. The lowest BCUT2D eigenvalue weighted by Gasteiger charge is -2.31. The van der Waals surface area contributed by atoms with Crippen molar-refractivity contribution in [2.45, 2.75) is 29.9 Å². The molecule has 0 bridgehead atoms. The minimum absolute atomic E-state index is 0.114. The molecule has 2 aromatic carbocycles. The Kier molecular flexibility index (Phi) is 5.02. The van der Waals surface area contributed by atoms with Crippen LogP contribution in [-0.2, 0) is 27.5 Å². The van der Waals surface area contributed by atoms with Crippen LogP contribution in [0.3, 0.4) is 0 Å². The molecular formula is C23H22N2O4S. The smallest absolute Gasteiger partial charge is 0.235 e. The van der Waals surface area contributed by atoms with Crippen LogP contribution in [0.25, 0.3) is 0 Å². The van der Waals surface area contributed by atoms with Crippen LogP contribution in [0.1, 0.15) is 11.1 Å². The van der Waals surface area contributed by atoms with E-state index in [4.69, 9.17) is 9.47 Å². The van der Waals surface area contributed by atoms with Gasteiger partial charge in [-0.2, -0.15) is 0 Å². The largest absolute Gasteiger partial charge is 0.593 e. The Morgan fingerprint density at radius 1 is 1.07 bits per heavy atom. The summed E-state index contributed by atoms with van der Waals surface area (Å²) in [6.07, 6.45) is 3.87. The van der Waals surface area contributed by atoms with E-state index in [0.717, 1.165) is 5.75 Å². The molecule has 1 aliphatic heterocycles. The van der Waals surface area contributed by atoms with Gasteiger partial charge in [0.25, 0.3) is 0 Å². The van der Waals surface area contributed by atoms with Gasteiger partial charge in [0.15, 0.2) is 16.1 Å². The summed E-state index contributed by atoms with van der Waals surface area (Å²) in [6, 6.07) is 19.1. The first kappa shape index (κ1) is 19.2. The van der Waals surface area contributed by atoms with E-state index in [2.05, 4.69) is 17.1 Å². The van der Waals surface area contributed by atoms with E-state index in [9.17, 15) is 8.76 Å². The molecule has 7 heteroatoms. The fourth-order valence-electron chi connectivity index (χ4n) is 4.18. The fourth-order valence-corrected chi connectivity index (χ4v) is 5.90. The highest BCUT2D eigenvalue weighted by atomic mass is 32.3. The Hall–Kier alpha value is -2.74. The minimum atomic E-state index is -3.75. The van der Waals surface area contributed by atoms with Crippen molar-refractivity contribution in [2.24, 2.45) is 0 Å². The van der Waals surface area contributed by atoms with Crippen molar-refractivity contribution in [3.8, 4) is 11.5 Å². The standard InChI is InChI=1S/C23H22N2O4S/c26-30(27)23-14-24-11-10-22(23)29-21(16-28-20-8-2-1-3-9-20)15-25(30)19-12-17-6-4-5-7-18(17)13-19/h1-11,14,19,21H,12-13,15-16H2. The zero-order valence-corrected chi connectivity index (χ0v) is 17.2. The molecule has 1 aromatic heterocycles. The minimum Gasteiger partial charge on any atom is -0.593 e. The number of sulfonamides is 1. The van der Waals surface area contributed by atoms with E-state index in [0.29, 0.717) is 18.6 Å². The van der Waals surface area contributed by atoms with Crippen LogP contribution in [0.4, 0.5) is 0 Å². The number of pyridine rings is 1. The predicted octanol–water partition coefficient (Wildman–Crippen LogP) is 3.29. The number of para-hydroxylation sites is 1. The third kappa shape index (κ3) is 3.60. The molecule has 0 fully saturated rings. The zero-order chi connectivity index (χ0) is 20.6. The van der Waals surface area contributed by atoms with Gasteiger partial charge < -0.3 is 14.0 Å². The summed E-state index contributed by atoms with van der Waals surface area (Å²) in [5.74, 6) is 1.05. The van der Waals surface area contributed by atoms with Crippen LogP contribution in [0.5, 0.6) is 11.5 Å². The number of aromatic nitrogens is 1. The quantitative estimate of drug-likeness (QED) is 0.603. The van der Waals surface area contributed by atoms with Crippen LogP contribution in [-0.4, -0.2) is 39.1 Å². The Morgan fingerprint density at radius 2 is 1.77 bits per heavy atom. The van der Waals surface area contributed by atoms with Gasteiger partial charge in [-0.15, -0.1) is 4.31 Å². The predicted molar refractivity (Wildman–Crippen MR) is 112 cm³/mol. The van der Waals surface area contributed by atoms with Crippen LogP contribution in [0.2, 0.25) is 0 Å². The second-order valence-electron chi connectivity index (χ2n) is 7.59. The Morgan fingerprint density at radius 3 is 2.50 bits per heavy atom. The molecule has 0 spiro atoms. The van der Waals surface area contributed by atoms with Gasteiger partial charge in [0.1, 0.15) is 18.5 Å². The second-order valence-corrected chi connectivity index (χ2v) is 9.45. The molecule has 6 nitrogen and oxygen atoms in total. The first-order chi connectivity index (χ1) is 14.6. The average Bonchev–Trinajstić information content (AvgIpc) is 3.15. The number of ether oxygens (including phenoxy) is 2. The van der Waals surface area contributed by atoms with E-state index in [1.165, 1.54) is 17.3 Å². The summed E-state index contributed by atoms with van der Waals surface area (Å²) in [6.45, 7) is 0.472. The maximum atomic E-state index is 13.5. The second kappa shape index (κ2) is 7.83. The lowest BCUT2D eigenvalue weighted by Crippen LogP contribution is -2.48. The van der Waals surface area contributed by atoms with Crippen molar-refractivity contribution < 1.29 is 18.2 Å². The molecule has 0 saturated carbocycles. The summed E-state index contributed by atoms with van der Waals surface area (Å²) in [5.41, 5.74) is 2.40. The summed E-state index contributed by atoms with van der Waals surface area (Å²) < 4.78 is 40.7. The van der Waals surface area contributed by atoms with Gasteiger partial charge in [-0.05, 0) is 36.1 Å².